The number of likely N-dealkylation sites (tertiary alicyclic amines) is 1. The van der Waals surface area contributed by atoms with E-state index in [1.54, 1.807) is 42.5 Å². The molecule has 0 unspecified atom stereocenters. The molecule has 2 N–H and O–H groups in total. The fraction of sp³-hybridized carbons (Fsp3) is 0.308. The van der Waals surface area contributed by atoms with Gasteiger partial charge in [-0.25, -0.2) is 4.39 Å². The molecule has 1 fully saturated rings. The number of nitrogens with zero attached hydrogens (tertiary/aromatic N) is 1. The first-order chi connectivity index (χ1) is 16.4. The zero-order valence-corrected chi connectivity index (χ0v) is 19.4. The summed E-state index contributed by atoms with van der Waals surface area (Å²) >= 11 is 5.83. The molecule has 34 heavy (non-hydrogen) atoms. The fourth-order valence-electron chi connectivity index (χ4n) is 3.92. The molecule has 2 aliphatic rings. The van der Waals surface area contributed by atoms with E-state index in [1.165, 1.54) is 19.5 Å². The second kappa shape index (κ2) is 10.8. The fourth-order valence-corrected chi connectivity index (χ4v) is 4.10. The van der Waals surface area contributed by atoms with Crippen LogP contribution in [0.2, 0.25) is 5.02 Å². The van der Waals surface area contributed by atoms with Crippen LogP contribution in [0.3, 0.4) is 0 Å². The number of ether oxygens (including phenoxy) is 2. The van der Waals surface area contributed by atoms with Crippen LogP contribution in [0.15, 0.2) is 48.5 Å². The van der Waals surface area contributed by atoms with E-state index in [1.807, 2.05) is 6.07 Å². The van der Waals surface area contributed by atoms with Gasteiger partial charge >= 0.3 is 0 Å². The normalized spacial score (nSPS) is 14.6. The van der Waals surface area contributed by atoms with Gasteiger partial charge in [0.1, 0.15) is 13.2 Å². The lowest BCUT2D eigenvalue weighted by atomic mass is 10.0. The Balaban J connectivity index is 0.000000162. The van der Waals surface area contributed by atoms with Gasteiger partial charge in [-0.1, -0.05) is 29.8 Å². The molecule has 1 amide bonds. The first-order valence-corrected chi connectivity index (χ1v) is 11.6. The number of aryl methyl sites for hydroxylation is 1. The first-order valence-electron chi connectivity index (χ1n) is 11.2. The lowest BCUT2D eigenvalue weighted by Gasteiger charge is -2.30. The Morgan fingerprint density at radius 3 is 2.47 bits per heavy atom. The number of fused-ring (bicyclic) bond motifs is 2. The van der Waals surface area contributed by atoms with Gasteiger partial charge in [0.2, 0.25) is 5.78 Å². The predicted octanol–water partition coefficient (Wildman–Crippen LogP) is 4.40. The van der Waals surface area contributed by atoms with Gasteiger partial charge in [-0.15, -0.1) is 0 Å². The molecular weight excluding hydrogens is 459 g/mol. The molecule has 0 atom stereocenters. The van der Waals surface area contributed by atoms with Crippen molar-refractivity contribution in [1.29, 1.82) is 0 Å². The number of Topliss-reactive ketones (excluding diaryl/α,β-unsaturated/α-hetero) is 1. The molecule has 2 heterocycles. The van der Waals surface area contributed by atoms with Gasteiger partial charge in [0.15, 0.2) is 17.3 Å². The van der Waals surface area contributed by atoms with Crippen molar-refractivity contribution in [3.8, 4) is 11.5 Å². The van der Waals surface area contributed by atoms with Crippen LogP contribution in [-0.4, -0.2) is 49.4 Å². The molecule has 5 rings (SSSR count). The van der Waals surface area contributed by atoms with E-state index in [0.29, 0.717) is 29.5 Å². The van der Waals surface area contributed by atoms with Crippen LogP contribution in [-0.2, 0) is 11.2 Å². The molecule has 2 aliphatic heterocycles. The Bertz CT molecular complexity index is 1210. The third kappa shape index (κ3) is 5.85. The van der Waals surface area contributed by atoms with Gasteiger partial charge in [-0.3, -0.25) is 9.59 Å². The summed E-state index contributed by atoms with van der Waals surface area (Å²) in [5, 5.41) is 2.38. The van der Waals surface area contributed by atoms with Crippen LogP contribution >= 0.6 is 11.6 Å². The van der Waals surface area contributed by atoms with Crippen LogP contribution in [0.4, 0.5) is 4.39 Å². The second-order valence-electron chi connectivity index (χ2n) is 8.30. The number of halogens is 2. The highest BCUT2D eigenvalue weighted by atomic mass is 35.5. The smallest absolute Gasteiger partial charge is 0.289 e. The predicted molar refractivity (Wildman–Crippen MR) is 129 cm³/mol. The number of primary amides is 1. The standard InChI is InChI=1S/C14H18FNO2.C12H8ClNO2/c15-12-9-11(3-1-4-16-5-2-6-16)10-13-14(12)18-8-7-17-13;13-10-4-3-7-5-9(11(15)12(14)16)2-1-8(7)6-10/h9-10H,1-8H2;1-6H,(H2,14,16). The van der Waals surface area contributed by atoms with Crippen molar-refractivity contribution in [2.24, 2.45) is 5.73 Å². The van der Waals surface area contributed by atoms with E-state index >= 15 is 0 Å². The highest BCUT2D eigenvalue weighted by Crippen LogP contribution is 2.34. The SMILES string of the molecule is Fc1cc(CCCN2CCC2)cc2c1OCCO2.NC(=O)C(=O)c1ccc2cc(Cl)ccc2c1. The quantitative estimate of drug-likeness (QED) is 0.414. The van der Waals surface area contributed by atoms with E-state index in [9.17, 15) is 14.0 Å². The largest absolute Gasteiger partial charge is 0.486 e. The van der Waals surface area contributed by atoms with E-state index in [4.69, 9.17) is 26.8 Å². The monoisotopic (exact) mass is 484 g/mol. The van der Waals surface area contributed by atoms with Crippen molar-refractivity contribution in [2.75, 3.05) is 32.8 Å². The third-order valence-electron chi connectivity index (χ3n) is 5.83. The number of amides is 1. The number of ketones is 1. The summed E-state index contributed by atoms with van der Waals surface area (Å²) in [7, 11) is 0. The van der Waals surface area contributed by atoms with Gasteiger partial charge in [-0.05, 0) is 85.6 Å². The van der Waals surface area contributed by atoms with E-state index < -0.39 is 11.7 Å². The third-order valence-corrected chi connectivity index (χ3v) is 6.07. The molecule has 0 aliphatic carbocycles. The molecule has 8 heteroatoms. The number of hydrogen-bond acceptors (Lipinski definition) is 5. The number of benzene rings is 3. The van der Waals surface area contributed by atoms with Crippen LogP contribution in [0, 0.1) is 5.82 Å². The van der Waals surface area contributed by atoms with Crippen molar-refractivity contribution in [3.05, 3.63) is 70.5 Å². The molecule has 3 aromatic carbocycles. The summed E-state index contributed by atoms with van der Waals surface area (Å²) in [4.78, 5) is 24.5. The van der Waals surface area contributed by atoms with Crippen molar-refractivity contribution >= 4 is 34.1 Å². The average molecular weight is 485 g/mol. The summed E-state index contributed by atoms with van der Waals surface area (Å²) in [5.74, 6) is -1.11. The maximum absolute atomic E-state index is 13.8. The van der Waals surface area contributed by atoms with Crippen molar-refractivity contribution in [2.45, 2.75) is 19.3 Å². The topological polar surface area (TPSA) is 81.9 Å². The number of carbonyl (C=O) groups excluding carboxylic acids is 2. The van der Waals surface area contributed by atoms with Crippen LogP contribution in [0.1, 0.15) is 28.8 Å². The van der Waals surface area contributed by atoms with Crippen LogP contribution in [0.25, 0.3) is 10.8 Å². The minimum absolute atomic E-state index is 0.271. The molecule has 1 saturated heterocycles. The first kappa shape index (κ1) is 24.0. The van der Waals surface area contributed by atoms with Gasteiger partial charge in [-0.2, -0.15) is 0 Å². The Morgan fingerprint density at radius 2 is 1.74 bits per heavy atom. The van der Waals surface area contributed by atoms with Crippen molar-refractivity contribution < 1.29 is 23.5 Å². The van der Waals surface area contributed by atoms with Crippen LogP contribution in [0.5, 0.6) is 11.5 Å². The zero-order chi connectivity index (χ0) is 24.1. The van der Waals surface area contributed by atoms with Gasteiger partial charge in [0.05, 0.1) is 0 Å². The molecule has 0 aromatic heterocycles. The van der Waals surface area contributed by atoms with E-state index in [0.717, 1.165) is 35.7 Å². The summed E-state index contributed by atoms with van der Waals surface area (Å²) in [6.07, 6.45) is 3.28. The second-order valence-corrected chi connectivity index (χ2v) is 8.74. The molecule has 6 nitrogen and oxygen atoms in total. The highest BCUT2D eigenvalue weighted by molar-refractivity contribution is 6.42. The van der Waals surface area contributed by atoms with Gasteiger partial charge in [0, 0.05) is 10.6 Å². The molecule has 0 radical (unpaired) electrons. The Morgan fingerprint density at radius 1 is 1.00 bits per heavy atom. The zero-order valence-electron chi connectivity index (χ0n) is 18.7. The van der Waals surface area contributed by atoms with Gasteiger partial charge in [0.25, 0.3) is 5.91 Å². The molecule has 0 saturated carbocycles. The summed E-state index contributed by atoms with van der Waals surface area (Å²) in [5.41, 5.74) is 6.22. The number of nitrogens with two attached hydrogens (primary N) is 1. The Kier molecular flexibility index (Phi) is 7.65. The van der Waals surface area contributed by atoms with E-state index in [-0.39, 0.29) is 11.6 Å². The minimum Gasteiger partial charge on any atom is -0.486 e. The summed E-state index contributed by atoms with van der Waals surface area (Å²) in [6.45, 7) is 4.48. The summed E-state index contributed by atoms with van der Waals surface area (Å²) < 4.78 is 24.5. The van der Waals surface area contributed by atoms with Crippen molar-refractivity contribution in [1.82, 2.24) is 4.90 Å². The molecule has 0 bridgehead atoms. The Hall–Kier alpha value is -3.16. The lowest BCUT2D eigenvalue weighted by Crippen LogP contribution is -2.37. The maximum Gasteiger partial charge on any atom is 0.289 e. The van der Waals surface area contributed by atoms with Gasteiger partial charge < -0.3 is 20.1 Å². The molecule has 0 spiro atoms. The molecule has 3 aromatic rings. The lowest BCUT2D eigenvalue weighted by molar-refractivity contribution is -0.114. The summed E-state index contributed by atoms with van der Waals surface area (Å²) in [6, 6.07) is 13.7. The molecular formula is C26H26ClFN2O4. The Labute approximate surface area is 202 Å². The maximum atomic E-state index is 13.8. The van der Waals surface area contributed by atoms with E-state index in [2.05, 4.69) is 4.90 Å². The van der Waals surface area contributed by atoms with Crippen LogP contribution < -0.4 is 15.2 Å². The average Bonchev–Trinajstić information content (AvgIpc) is 2.80. The highest BCUT2D eigenvalue weighted by Gasteiger charge is 2.18. The molecule has 178 valence electrons. The van der Waals surface area contributed by atoms with Crippen molar-refractivity contribution in [3.63, 3.8) is 0 Å². The minimum atomic E-state index is -0.951. The number of hydrogen-bond donors (Lipinski definition) is 1. The number of carbonyl (C=O) groups is 2. The number of rotatable bonds is 6.